The number of benzene rings is 1. The van der Waals surface area contributed by atoms with Crippen molar-refractivity contribution in [2.24, 2.45) is 0 Å². The molecule has 0 spiro atoms. The first kappa shape index (κ1) is 16.0. The summed E-state index contributed by atoms with van der Waals surface area (Å²) in [7, 11) is 0. The van der Waals surface area contributed by atoms with E-state index in [0.717, 1.165) is 0 Å². The molecule has 0 saturated heterocycles. The molecule has 126 valence electrons. The minimum atomic E-state index is -1.09. The lowest BCUT2D eigenvalue weighted by Gasteiger charge is -2.26. The van der Waals surface area contributed by atoms with E-state index in [-0.39, 0.29) is 17.7 Å². The number of carbonyl (C=O) groups excluding carboxylic acids is 1. The normalized spacial score (nSPS) is 16.2. The summed E-state index contributed by atoms with van der Waals surface area (Å²) in [6.45, 7) is 2.07. The molecule has 6 nitrogen and oxygen atoms in total. The Labute approximate surface area is 137 Å². The number of aryl methyl sites for hydroxylation is 1. The average molecular weight is 333 g/mol. The second-order valence-corrected chi connectivity index (χ2v) is 5.63. The highest BCUT2D eigenvalue weighted by molar-refractivity contribution is 5.97. The molecule has 3 rings (SSSR count). The fourth-order valence-electron chi connectivity index (χ4n) is 2.82. The first-order valence-electron chi connectivity index (χ1n) is 7.47. The van der Waals surface area contributed by atoms with E-state index in [4.69, 9.17) is 14.3 Å². The molecule has 2 heterocycles. The topological polar surface area (TPSA) is 88.8 Å². The second-order valence-electron chi connectivity index (χ2n) is 5.63. The Morgan fingerprint density at radius 1 is 1.42 bits per heavy atom. The van der Waals surface area contributed by atoms with Gasteiger partial charge in [0.15, 0.2) is 0 Å². The number of ether oxygens (including phenoxy) is 1. The standard InChI is InChI=1S/C17H16FNO5/c1-9-8-24-14(7-15(20)21)16(9)17(22)19-12-4-5-23-13-3-2-10(18)6-11(12)13/h2-3,6,8,12H,4-5,7H2,1H3,(H,19,22)(H,20,21). The molecule has 0 aliphatic carbocycles. The van der Waals surface area contributed by atoms with Gasteiger partial charge in [-0.2, -0.15) is 0 Å². The van der Waals surface area contributed by atoms with Crippen molar-refractivity contribution in [2.75, 3.05) is 6.61 Å². The largest absolute Gasteiger partial charge is 0.493 e. The molecule has 1 aliphatic rings. The van der Waals surface area contributed by atoms with E-state index in [1.165, 1.54) is 24.5 Å². The maximum Gasteiger partial charge on any atom is 0.311 e. The number of fused-ring (bicyclic) bond motifs is 1. The lowest BCUT2D eigenvalue weighted by atomic mass is 9.99. The minimum absolute atomic E-state index is 0.101. The second kappa shape index (κ2) is 6.35. The molecule has 0 radical (unpaired) electrons. The van der Waals surface area contributed by atoms with Crippen molar-refractivity contribution in [1.82, 2.24) is 5.32 Å². The number of nitrogens with one attached hydrogen (secondary N) is 1. The zero-order valence-electron chi connectivity index (χ0n) is 13.0. The monoisotopic (exact) mass is 333 g/mol. The van der Waals surface area contributed by atoms with Gasteiger partial charge in [-0.3, -0.25) is 9.59 Å². The number of hydrogen-bond acceptors (Lipinski definition) is 4. The molecular formula is C17H16FNO5. The molecular weight excluding hydrogens is 317 g/mol. The highest BCUT2D eigenvalue weighted by atomic mass is 19.1. The molecule has 2 aromatic rings. The van der Waals surface area contributed by atoms with Crippen LogP contribution in [0.3, 0.4) is 0 Å². The molecule has 0 saturated carbocycles. The predicted octanol–water partition coefficient (Wildman–Crippen LogP) is 2.61. The van der Waals surface area contributed by atoms with Crippen LogP contribution in [0.5, 0.6) is 5.75 Å². The van der Waals surface area contributed by atoms with Crippen LogP contribution in [0.15, 0.2) is 28.9 Å². The third kappa shape index (κ3) is 3.10. The molecule has 1 aromatic carbocycles. The highest BCUT2D eigenvalue weighted by Gasteiger charge is 2.27. The van der Waals surface area contributed by atoms with Crippen LogP contribution in [0.1, 0.15) is 39.7 Å². The van der Waals surface area contributed by atoms with E-state index >= 15 is 0 Å². The number of aliphatic carboxylic acids is 1. The summed E-state index contributed by atoms with van der Waals surface area (Å²) < 4.78 is 24.1. The summed E-state index contributed by atoms with van der Waals surface area (Å²) in [6, 6.07) is 3.75. The summed E-state index contributed by atoms with van der Waals surface area (Å²) in [5.41, 5.74) is 1.33. The van der Waals surface area contributed by atoms with Gasteiger partial charge in [0.25, 0.3) is 5.91 Å². The number of rotatable bonds is 4. The summed E-state index contributed by atoms with van der Waals surface area (Å²) in [4.78, 5) is 23.5. The van der Waals surface area contributed by atoms with Crippen LogP contribution in [0.2, 0.25) is 0 Å². The van der Waals surface area contributed by atoms with Crippen LogP contribution in [-0.2, 0) is 11.2 Å². The minimum Gasteiger partial charge on any atom is -0.493 e. The van der Waals surface area contributed by atoms with Crippen LogP contribution in [0.25, 0.3) is 0 Å². The van der Waals surface area contributed by atoms with Crippen LogP contribution < -0.4 is 10.1 Å². The van der Waals surface area contributed by atoms with E-state index in [1.54, 1.807) is 6.92 Å². The van der Waals surface area contributed by atoms with Gasteiger partial charge in [0.2, 0.25) is 0 Å². The Hall–Kier alpha value is -2.83. The molecule has 1 unspecified atom stereocenters. The molecule has 7 heteroatoms. The van der Waals surface area contributed by atoms with Gasteiger partial charge in [-0.25, -0.2) is 4.39 Å². The molecule has 2 N–H and O–H groups in total. The fraction of sp³-hybridized carbons (Fsp3) is 0.294. The molecule has 1 aliphatic heterocycles. The molecule has 1 amide bonds. The summed E-state index contributed by atoms with van der Waals surface area (Å²) >= 11 is 0. The van der Waals surface area contributed by atoms with E-state index in [2.05, 4.69) is 5.32 Å². The van der Waals surface area contributed by atoms with E-state index in [1.807, 2.05) is 0 Å². The van der Waals surface area contributed by atoms with Crippen molar-refractivity contribution in [3.8, 4) is 5.75 Å². The predicted molar refractivity (Wildman–Crippen MR) is 81.5 cm³/mol. The van der Waals surface area contributed by atoms with Crippen molar-refractivity contribution in [3.05, 3.63) is 52.7 Å². The molecule has 1 atom stereocenters. The van der Waals surface area contributed by atoms with E-state index < -0.39 is 23.7 Å². The van der Waals surface area contributed by atoms with Crippen molar-refractivity contribution in [3.63, 3.8) is 0 Å². The number of carboxylic acid groups (broad SMARTS) is 1. The maximum atomic E-state index is 13.5. The van der Waals surface area contributed by atoms with Gasteiger partial charge in [0, 0.05) is 17.5 Å². The van der Waals surface area contributed by atoms with Gasteiger partial charge in [-0.1, -0.05) is 0 Å². The molecule has 24 heavy (non-hydrogen) atoms. The number of halogens is 1. The maximum absolute atomic E-state index is 13.5. The number of carbonyl (C=O) groups is 2. The Morgan fingerprint density at radius 3 is 2.96 bits per heavy atom. The summed E-state index contributed by atoms with van der Waals surface area (Å²) in [5.74, 6) is -1.31. The number of carboxylic acids is 1. The smallest absolute Gasteiger partial charge is 0.311 e. The van der Waals surface area contributed by atoms with Crippen molar-refractivity contribution in [1.29, 1.82) is 0 Å². The Kier molecular flexibility index (Phi) is 4.24. The first-order chi connectivity index (χ1) is 11.5. The van der Waals surface area contributed by atoms with Gasteiger partial charge in [-0.15, -0.1) is 0 Å². The van der Waals surface area contributed by atoms with Gasteiger partial charge >= 0.3 is 5.97 Å². The van der Waals surface area contributed by atoms with Gasteiger partial charge in [-0.05, 0) is 25.1 Å². The molecule has 1 aromatic heterocycles. The summed E-state index contributed by atoms with van der Waals surface area (Å²) in [5, 5.41) is 11.7. The van der Waals surface area contributed by atoms with Crippen LogP contribution >= 0.6 is 0 Å². The lowest BCUT2D eigenvalue weighted by Crippen LogP contribution is -2.33. The first-order valence-corrected chi connectivity index (χ1v) is 7.47. The van der Waals surface area contributed by atoms with Gasteiger partial charge < -0.3 is 19.6 Å². The third-order valence-corrected chi connectivity index (χ3v) is 3.91. The average Bonchev–Trinajstić information content (AvgIpc) is 2.87. The van der Waals surface area contributed by atoms with Crippen LogP contribution in [-0.4, -0.2) is 23.6 Å². The zero-order chi connectivity index (χ0) is 17.3. The Bertz CT molecular complexity index is 798. The van der Waals surface area contributed by atoms with E-state index in [0.29, 0.717) is 29.9 Å². The van der Waals surface area contributed by atoms with Crippen molar-refractivity contribution < 1.29 is 28.2 Å². The number of furan rings is 1. The SMILES string of the molecule is Cc1coc(CC(=O)O)c1C(=O)NC1CCOc2ccc(F)cc21. The third-order valence-electron chi connectivity index (χ3n) is 3.91. The van der Waals surface area contributed by atoms with Crippen molar-refractivity contribution in [2.45, 2.75) is 25.8 Å². The fourth-order valence-corrected chi connectivity index (χ4v) is 2.82. The molecule has 0 bridgehead atoms. The number of hydrogen-bond donors (Lipinski definition) is 2. The Morgan fingerprint density at radius 2 is 2.21 bits per heavy atom. The highest BCUT2D eigenvalue weighted by Crippen LogP contribution is 2.33. The number of amides is 1. The lowest BCUT2D eigenvalue weighted by molar-refractivity contribution is -0.136. The zero-order valence-corrected chi connectivity index (χ0v) is 13.0. The van der Waals surface area contributed by atoms with Gasteiger partial charge in [0.1, 0.15) is 23.7 Å². The van der Waals surface area contributed by atoms with Crippen LogP contribution in [0, 0.1) is 12.7 Å². The molecule has 0 fully saturated rings. The van der Waals surface area contributed by atoms with Gasteiger partial charge in [0.05, 0.1) is 24.5 Å². The summed E-state index contributed by atoms with van der Waals surface area (Å²) in [6.07, 6.45) is 1.47. The quantitative estimate of drug-likeness (QED) is 0.898. The van der Waals surface area contributed by atoms with E-state index in [9.17, 15) is 14.0 Å². The Balaban J connectivity index is 1.86. The van der Waals surface area contributed by atoms with Crippen LogP contribution in [0.4, 0.5) is 4.39 Å². The van der Waals surface area contributed by atoms with Crippen molar-refractivity contribution >= 4 is 11.9 Å².